The molecular formula is C29H34N6O2. The molecule has 8 nitrogen and oxygen atoms in total. The van der Waals surface area contributed by atoms with Crippen molar-refractivity contribution in [2.75, 3.05) is 13.1 Å². The summed E-state index contributed by atoms with van der Waals surface area (Å²) in [5, 5.41) is 5.29. The monoisotopic (exact) mass is 498 g/mol. The van der Waals surface area contributed by atoms with Crippen molar-refractivity contribution in [1.29, 1.82) is 0 Å². The Morgan fingerprint density at radius 2 is 2.03 bits per heavy atom. The molecule has 8 heteroatoms. The number of H-pyrrole nitrogens is 1. The van der Waals surface area contributed by atoms with Crippen LogP contribution in [0.4, 0.5) is 0 Å². The molecule has 6 rings (SSSR count). The highest BCUT2D eigenvalue weighted by molar-refractivity contribution is 5.94. The van der Waals surface area contributed by atoms with Crippen LogP contribution in [0.1, 0.15) is 56.6 Å². The second kappa shape index (κ2) is 9.74. The van der Waals surface area contributed by atoms with Crippen LogP contribution in [0.15, 0.2) is 43.0 Å². The summed E-state index contributed by atoms with van der Waals surface area (Å²) in [5.74, 6) is 0.511. The van der Waals surface area contributed by atoms with Crippen LogP contribution in [0.5, 0.6) is 0 Å². The number of likely N-dealkylation sites (tertiary alicyclic amines) is 1. The average molecular weight is 499 g/mol. The van der Waals surface area contributed by atoms with Crippen molar-refractivity contribution in [2.24, 2.45) is 7.05 Å². The lowest BCUT2D eigenvalue weighted by Crippen LogP contribution is -2.55. The third kappa shape index (κ3) is 4.78. The lowest BCUT2D eigenvalue weighted by molar-refractivity contribution is -0.148. The van der Waals surface area contributed by atoms with Gasteiger partial charge in [-0.15, -0.1) is 0 Å². The Bertz CT molecular complexity index is 1430. The van der Waals surface area contributed by atoms with Crippen LogP contribution in [0.2, 0.25) is 0 Å². The first-order chi connectivity index (χ1) is 17.9. The maximum atomic E-state index is 13.0. The predicted octanol–water partition coefficient (Wildman–Crippen LogP) is 4.86. The summed E-state index contributed by atoms with van der Waals surface area (Å²) in [4.78, 5) is 27.6. The van der Waals surface area contributed by atoms with E-state index in [1.54, 1.807) is 11.0 Å². The molecule has 1 fully saturated rings. The maximum absolute atomic E-state index is 13.0. The molecule has 1 N–H and O–H groups in total. The second-order valence-corrected chi connectivity index (χ2v) is 10.7. The van der Waals surface area contributed by atoms with Gasteiger partial charge in [0.25, 0.3) is 0 Å². The van der Waals surface area contributed by atoms with Gasteiger partial charge in [-0.1, -0.05) is 18.6 Å². The zero-order chi connectivity index (χ0) is 25.5. The van der Waals surface area contributed by atoms with Gasteiger partial charge in [0.2, 0.25) is 5.91 Å². The van der Waals surface area contributed by atoms with Crippen LogP contribution in [-0.2, 0) is 23.0 Å². The minimum atomic E-state index is 0.185. The number of benzene rings is 1. The van der Waals surface area contributed by atoms with Gasteiger partial charge in [-0.3, -0.25) is 9.48 Å². The summed E-state index contributed by atoms with van der Waals surface area (Å²) >= 11 is 0. The lowest BCUT2D eigenvalue weighted by Gasteiger charge is -2.40. The first kappa shape index (κ1) is 23.9. The Hall–Kier alpha value is -3.52. The van der Waals surface area contributed by atoms with Crippen molar-refractivity contribution >= 4 is 16.9 Å². The van der Waals surface area contributed by atoms with E-state index in [1.807, 2.05) is 38.2 Å². The molecule has 0 spiro atoms. The maximum Gasteiger partial charge on any atom is 0.223 e. The van der Waals surface area contributed by atoms with Gasteiger partial charge in [0.1, 0.15) is 12.0 Å². The van der Waals surface area contributed by atoms with E-state index in [2.05, 4.69) is 44.3 Å². The molecular weight excluding hydrogens is 464 g/mol. The van der Waals surface area contributed by atoms with E-state index in [9.17, 15) is 4.79 Å². The van der Waals surface area contributed by atoms with Crippen molar-refractivity contribution in [3.05, 3.63) is 54.1 Å². The van der Waals surface area contributed by atoms with Crippen LogP contribution >= 0.6 is 0 Å². The number of amides is 1. The van der Waals surface area contributed by atoms with Gasteiger partial charge < -0.3 is 14.6 Å². The Labute approximate surface area is 217 Å². The Kier molecular flexibility index (Phi) is 6.28. The van der Waals surface area contributed by atoms with Crippen molar-refractivity contribution < 1.29 is 9.53 Å². The largest absolute Gasteiger partial charge is 0.372 e. The molecule has 0 saturated carbocycles. The first-order valence-corrected chi connectivity index (χ1v) is 13.3. The molecule has 4 aromatic rings. The molecule has 1 saturated heterocycles. The zero-order valence-electron chi connectivity index (χ0n) is 21.8. The molecule has 37 heavy (non-hydrogen) atoms. The first-order valence-electron chi connectivity index (χ1n) is 13.3. The molecule has 0 radical (unpaired) electrons. The molecule has 1 aliphatic carbocycles. The fourth-order valence-electron chi connectivity index (χ4n) is 5.78. The highest BCUT2D eigenvalue weighted by Gasteiger charge is 2.33. The lowest BCUT2D eigenvalue weighted by atomic mass is 9.87. The van der Waals surface area contributed by atoms with E-state index in [0.29, 0.717) is 6.42 Å². The van der Waals surface area contributed by atoms with Crippen LogP contribution in [0, 0.1) is 0 Å². The summed E-state index contributed by atoms with van der Waals surface area (Å²) in [5.41, 5.74) is 7.49. The molecule has 0 bridgehead atoms. The highest BCUT2D eigenvalue weighted by Crippen LogP contribution is 2.37. The van der Waals surface area contributed by atoms with E-state index in [-0.39, 0.29) is 24.0 Å². The van der Waals surface area contributed by atoms with Crippen LogP contribution in [-0.4, -0.2) is 60.8 Å². The zero-order valence-corrected chi connectivity index (χ0v) is 21.8. The Balaban J connectivity index is 1.25. The number of hydrogen-bond donors (Lipinski definition) is 1. The third-order valence-electron chi connectivity index (χ3n) is 7.63. The summed E-state index contributed by atoms with van der Waals surface area (Å²) in [6, 6.07) is 8.79. The number of fused-ring (bicyclic) bond motifs is 2. The van der Waals surface area contributed by atoms with Gasteiger partial charge in [0, 0.05) is 49.3 Å². The number of nitrogens with zero attached hydrogens (tertiary/aromatic N) is 5. The minimum Gasteiger partial charge on any atom is -0.372 e. The predicted molar refractivity (Wildman–Crippen MR) is 143 cm³/mol. The van der Waals surface area contributed by atoms with Crippen LogP contribution < -0.4 is 0 Å². The molecule has 1 aromatic carbocycles. The molecule has 4 heterocycles. The molecule has 3 aromatic heterocycles. The number of aromatic amines is 1. The normalized spacial score (nSPS) is 18.2. The van der Waals surface area contributed by atoms with Gasteiger partial charge in [-0.2, -0.15) is 5.10 Å². The molecule has 1 unspecified atom stereocenters. The van der Waals surface area contributed by atoms with E-state index >= 15 is 0 Å². The number of ether oxygens (including phenoxy) is 1. The quantitative estimate of drug-likeness (QED) is 0.384. The molecule has 2 aliphatic rings. The summed E-state index contributed by atoms with van der Waals surface area (Å²) in [7, 11) is 1.91. The summed E-state index contributed by atoms with van der Waals surface area (Å²) < 4.78 is 7.63. The van der Waals surface area contributed by atoms with Crippen molar-refractivity contribution in [2.45, 2.75) is 64.1 Å². The number of hydrogen-bond acceptors (Lipinski definition) is 5. The molecule has 1 aliphatic heterocycles. The van der Waals surface area contributed by atoms with Crippen LogP contribution in [0.25, 0.3) is 33.5 Å². The van der Waals surface area contributed by atoms with E-state index in [0.717, 1.165) is 72.3 Å². The fourth-order valence-corrected chi connectivity index (χ4v) is 5.78. The number of carbonyl (C=O) groups excluding carboxylic acids is 1. The molecule has 1 amide bonds. The van der Waals surface area contributed by atoms with Crippen LogP contribution in [0.3, 0.4) is 0 Å². The van der Waals surface area contributed by atoms with Crippen molar-refractivity contribution in [1.82, 2.24) is 29.6 Å². The smallest absolute Gasteiger partial charge is 0.223 e. The fraction of sp³-hybridized carbons (Fsp3) is 0.448. The number of rotatable bonds is 6. The average Bonchev–Trinajstić information content (AvgIpc) is 3.43. The second-order valence-electron chi connectivity index (χ2n) is 10.7. The van der Waals surface area contributed by atoms with Gasteiger partial charge in [-0.25, -0.2) is 9.97 Å². The number of nitrogens with one attached hydrogen (secondary N) is 1. The SMILES string of the molecule is CC(C)OC1CN(C(=O)CC2CCCCc3cc(-c4ncnc5[nH]c(-c6cnn(C)c6)cc45)ccc32)C1. The van der Waals surface area contributed by atoms with E-state index < -0.39 is 0 Å². The van der Waals surface area contributed by atoms with Gasteiger partial charge in [-0.05, 0) is 62.3 Å². The standard InChI is InChI=1S/C29H34N6O2/c1-18(2)37-23-15-35(16-23)27(36)11-20-7-5-4-6-19-10-21(8-9-24(19)20)28-25-12-26(22-13-32-34(3)14-22)33-29(25)31-17-30-28/h8-10,12-14,17-18,20,23H,4-7,11,15-16H2,1-3H3,(H,30,31,33). The Morgan fingerprint density at radius 3 is 2.81 bits per heavy atom. The topological polar surface area (TPSA) is 88.9 Å². The van der Waals surface area contributed by atoms with Crippen molar-refractivity contribution in [3.8, 4) is 22.5 Å². The molecule has 1 atom stereocenters. The van der Waals surface area contributed by atoms with Gasteiger partial charge in [0.05, 0.1) is 29.8 Å². The highest BCUT2D eigenvalue weighted by atomic mass is 16.5. The molecule has 192 valence electrons. The van der Waals surface area contributed by atoms with Crippen molar-refractivity contribution in [3.63, 3.8) is 0 Å². The minimum absolute atomic E-state index is 0.185. The number of carbonyl (C=O) groups is 1. The third-order valence-corrected chi connectivity index (χ3v) is 7.63. The van der Waals surface area contributed by atoms with E-state index in [1.165, 1.54) is 11.1 Å². The summed E-state index contributed by atoms with van der Waals surface area (Å²) in [6.07, 6.45) is 10.8. The van der Waals surface area contributed by atoms with Gasteiger partial charge in [0.15, 0.2) is 0 Å². The Morgan fingerprint density at radius 1 is 1.16 bits per heavy atom. The van der Waals surface area contributed by atoms with E-state index in [4.69, 9.17) is 4.74 Å². The number of aromatic nitrogens is 5. The van der Waals surface area contributed by atoms with Gasteiger partial charge >= 0.3 is 0 Å². The summed E-state index contributed by atoms with van der Waals surface area (Å²) in [6.45, 7) is 5.53. The number of aryl methyl sites for hydroxylation is 2.